The second-order valence-corrected chi connectivity index (χ2v) is 6.97. The molecule has 0 amide bonds. The molecule has 3 rings (SSSR count). The Balaban J connectivity index is 1.85. The highest BCUT2D eigenvalue weighted by molar-refractivity contribution is 7.80. The van der Waals surface area contributed by atoms with E-state index in [1.54, 1.807) is 0 Å². The number of aryl methyl sites for hydroxylation is 2. The quantitative estimate of drug-likeness (QED) is 0.771. The molecule has 1 aliphatic heterocycles. The molecule has 3 nitrogen and oxygen atoms in total. The third-order valence-corrected chi connectivity index (χ3v) is 5.40. The van der Waals surface area contributed by atoms with Gasteiger partial charge in [0.25, 0.3) is 0 Å². The Morgan fingerprint density at radius 1 is 1.16 bits per heavy atom. The van der Waals surface area contributed by atoms with Gasteiger partial charge in [0.05, 0.1) is 6.04 Å². The van der Waals surface area contributed by atoms with E-state index in [-0.39, 0.29) is 0 Å². The predicted octanol–water partition coefficient (Wildman–Crippen LogP) is 5.13. The Bertz CT molecular complexity index is 692. The number of hydrogen-bond donors (Lipinski definition) is 1. The summed E-state index contributed by atoms with van der Waals surface area (Å²) in [6, 6.07) is 11.0. The Labute approximate surface area is 156 Å². The molecule has 0 radical (unpaired) electrons. The summed E-state index contributed by atoms with van der Waals surface area (Å²) in [6.45, 7) is 5.39. The molecule has 2 heterocycles. The highest BCUT2D eigenvalue weighted by Gasteiger charge is 2.26. The molecule has 0 unspecified atom stereocenters. The zero-order valence-electron chi connectivity index (χ0n) is 15.2. The molecule has 0 bridgehead atoms. The van der Waals surface area contributed by atoms with Crippen molar-refractivity contribution in [1.29, 1.82) is 0 Å². The average Bonchev–Trinajstić information content (AvgIpc) is 2.68. The van der Waals surface area contributed by atoms with Crippen LogP contribution in [-0.4, -0.2) is 21.5 Å². The third-order valence-electron chi connectivity index (χ3n) is 5.06. The van der Waals surface area contributed by atoms with Crippen LogP contribution < -0.4 is 5.32 Å². The Morgan fingerprint density at radius 3 is 2.56 bits per heavy atom. The average molecular weight is 354 g/mol. The number of nitrogens with one attached hydrogen (secondary N) is 1. The number of nitrogens with zero attached hydrogens (tertiary/aromatic N) is 2. The predicted molar refractivity (Wildman–Crippen MR) is 109 cm³/mol. The fraction of sp³-hybridized carbons (Fsp3) is 0.429. The van der Waals surface area contributed by atoms with E-state index in [0.29, 0.717) is 6.04 Å². The smallest absolute Gasteiger partial charge is 0.173 e. The number of aromatic nitrogens is 1. The second-order valence-electron chi connectivity index (χ2n) is 6.58. The first kappa shape index (κ1) is 17.9. The van der Waals surface area contributed by atoms with E-state index in [0.717, 1.165) is 30.9 Å². The standard InChI is InChI=1S/C21H27N3S/c1-3-16-9-7-10-17(4-2)20(16)23-21(25)24-14-6-5-12-19(24)18-11-8-13-22-15-18/h7-11,13,15,19H,3-6,12,14H2,1-2H3,(H,23,25)/t19-/m1/s1. The summed E-state index contributed by atoms with van der Waals surface area (Å²) in [5.74, 6) is 0. The summed E-state index contributed by atoms with van der Waals surface area (Å²) in [5, 5.41) is 4.42. The van der Waals surface area contributed by atoms with Crippen LogP contribution in [0.15, 0.2) is 42.7 Å². The van der Waals surface area contributed by atoms with Crippen LogP contribution in [0.5, 0.6) is 0 Å². The van der Waals surface area contributed by atoms with Gasteiger partial charge in [-0.05, 0) is 67.1 Å². The van der Waals surface area contributed by atoms with Gasteiger partial charge < -0.3 is 10.2 Å². The topological polar surface area (TPSA) is 28.2 Å². The molecule has 1 fully saturated rings. The summed E-state index contributed by atoms with van der Waals surface area (Å²) < 4.78 is 0. The van der Waals surface area contributed by atoms with Crippen LogP contribution in [-0.2, 0) is 12.8 Å². The molecular formula is C21H27N3S. The number of hydrogen-bond acceptors (Lipinski definition) is 2. The van der Waals surface area contributed by atoms with Crippen molar-refractivity contribution in [3.63, 3.8) is 0 Å². The summed E-state index contributed by atoms with van der Waals surface area (Å²) in [7, 11) is 0. The SMILES string of the molecule is CCc1cccc(CC)c1NC(=S)N1CCCC[C@@H]1c1cccnc1. The van der Waals surface area contributed by atoms with Crippen molar-refractivity contribution < 1.29 is 0 Å². The second kappa shape index (κ2) is 8.43. The van der Waals surface area contributed by atoms with Gasteiger partial charge in [-0.3, -0.25) is 4.98 Å². The minimum atomic E-state index is 0.321. The lowest BCUT2D eigenvalue weighted by atomic mass is 9.97. The van der Waals surface area contributed by atoms with Gasteiger partial charge in [0.2, 0.25) is 0 Å². The van der Waals surface area contributed by atoms with Gasteiger partial charge in [-0.2, -0.15) is 0 Å². The van der Waals surface area contributed by atoms with Crippen LogP contribution in [0.25, 0.3) is 0 Å². The van der Waals surface area contributed by atoms with Crippen molar-refractivity contribution in [3.8, 4) is 0 Å². The molecule has 1 aromatic carbocycles. The minimum absolute atomic E-state index is 0.321. The van der Waals surface area contributed by atoms with Crippen LogP contribution in [0.4, 0.5) is 5.69 Å². The van der Waals surface area contributed by atoms with Crippen molar-refractivity contribution in [2.24, 2.45) is 0 Å². The largest absolute Gasteiger partial charge is 0.342 e. The molecule has 1 aliphatic rings. The number of rotatable bonds is 4. The van der Waals surface area contributed by atoms with E-state index < -0.39 is 0 Å². The highest BCUT2D eigenvalue weighted by Crippen LogP contribution is 2.32. The molecule has 132 valence electrons. The maximum atomic E-state index is 5.84. The van der Waals surface area contributed by atoms with Crippen LogP contribution in [0, 0.1) is 0 Å². The molecule has 0 saturated carbocycles. The fourth-order valence-corrected chi connectivity index (χ4v) is 4.00. The molecule has 0 aliphatic carbocycles. The van der Waals surface area contributed by atoms with Gasteiger partial charge in [-0.15, -0.1) is 0 Å². The summed E-state index contributed by atoms with van der Waals surface area (Å²) in [5.41, 5.74) is 5.12. The van der Waals surface area contributed by atoms with E-state index in [1.165, 1.54) is 35.2 Å². The number of pyridine rings is 1. The van der Waals surface area contributed by atoms with Crippen LogP contribution >= 0.6 is 12.2 Å². The number of anilines is 1. The molecule has 1 saturated heterocycles. The molecule has 25 heavy (non-hydrogen) atoms. The van der Waals surface area contributed by atoms with Crippen molar-refractivity contribution in [2.45, 2.75) is 52.0 Å². The first-order chi connectivity index (χ1) is 12.2. The van der Waals surface area contributed by atoms with Gasteiger partial charge >= 0.3 is 0 Å². The zero-order chi connectivity index (χ0) is 17.6. The van der Waals surface area contributed by atoms with Gasteiger partial charge in [0, 0.05) is 24.6 Å². The lowest BCUT2D eigenvalue weighted by Crippen LogP contribution is -2.41. The summed E-state index contributed by atoms with van der Waals surface area (Å²) in [6.07, 6.45) is 9.37. The molecular weight excluding hydrogens is 326 g/mol. The lowest BCUT2D eigenvalue weighted by Gasteiger charge is -2.38. The first-order valence-corrected chi connectivity index (χ1v) is 9.73. The molecule has 4 heteroatoms. The number of benzene rings is 1. The van der Waals surface area contributed by atoms with Gasteiger partial charge in [-0.25, -0.2) is 0 Å². The zero-order valence-corrected chi connectivity index (χ0v) is 16.0. The van der Waals surface area contributed by atoms with Crippen LogP contribution in [0.3, 0.4) is 0 Å². The normalized spacial score (nSPS) is 17.4. The maximum Gasteiger partial charge on any atom is 0.173 e. The highest BCUT2D eigenvalue weighted by atomic mass is 32.1. The van der Waals surface area contributed by atoms with E-state index in [4.69, 9.17) is 12.2 Å². The molecule has 1 N–H and O–H groups in total. The van der Waals surface area contributed by atoms with E-state index >= 15 is 0 Å². The monoisotopic (exact) mass is 353 g/mol. The van der Waals surface area contributed by atoms with E-state index in [1.807, 2.05) is 18.5 Å². The Morgan fingerprint density at radius 2 is 1.92 bits per heavy atom. The van der Waals surface area contributed by atoms with Crippen LogP contribution in [0.1, 0.15) is 55.8 Å². The number of thiocarbonyl (C=S) groups is 1. The van der Waals surface area contributed by atoms with Crippen molar-refractivity contribution in [2.75, 3.05) is 11.9 Å². The van der Waals surface area contributed by atoms with Gasteiger partial charge in [-0.1, -0.05) is 38.1 Å². The number of likely N-dealkylation sites (tertiary alicyclic amines) is 1. The van der Waals surface area contributed by atoms with E-state index in [2.05, 4.69) is 53.3 Å². The van der Waals surface area contributed by atoms with Gasteiger partial charge in [0.15, 0.2) is 5.11 Å². The third kappa shape index (κ3) is 4.01. The van der Waals surface area contributed by atoms with E-state index in [9.17, 15) is 0 Å². The molecule has 1 atom stereocenters. The Kier molecular flexibility index (Phi) is 6.03. The summed E-state index contributed by atoms with van der Waals surface area (Å²) in [4.78, 5) is 6.65. The summed E-state index contributed by atoms with van der Waals surface area (Å²) >= 11 is 5.84. The number of piperidine rings is 1. The minimum Gasteiger partial charge on any atom is -0.342 e. The van der Waals surface area contributed by atoms with Gasteiger partial charge in [0.1, 0.15) is 0 Å². The number of para-hydroxylation sites is 1. The van der Waals surface area contributed by atoms with Crippen molar-refractivity contribution >= 4 is 23.0 Å². The molecule has 0 spiro atoms. The fourth-order valence-electron chi connectivity index (χ4n) is 3.68. The van der Waals surface area contributed by atoms with Crippen molar-refractivity contribution in [1.82, 2.24) is 9.88 Å². The maximum absolute atomic E-state index is 5.84. The Hall–Kier alpha value is -1.94. The lowest BCUT2D eigenvalue weighted by molar-refractivity contribution is 0.248. The van der Waals surface area contributed by atoms with Crippen LogP contribution in [0.2, 0.25) is 0 Å². The molecule has 2 aromatic rings. The van der Waals surface area contributed by atoms with Crippen molar-refractivity contribution in [3.05, 3.63) is 59.4 Å². The molecule has 1 aromatic heterocycles. The first-order valence-electron chi connectivity index (χ1n) is 9.32.